The van der Waals surface area contributed by atoms with Gasteiger partial charge in [-0.15, -0.1) is 0 Å². The molecule has 0 saturated carbocycles. The Bertz CT molecular complexity index is 964. The van der Waals surface area contributed by atoms with Gasteiger partial charge >= 0.3 is 5.97 Å². The molecule has 1 atom stereocenters. The molecule has 5 nitrogen and oxygen atoms in total. The van der Waals surface area contributed by atoms with Crippen molar-refractivity contribution in [1.29, 1.82) is 0 Å². The lowest BCUT2D eigenvalue weighted by atomic mass is 9.85. The van der Waals surface area contributed by atoms with Crippen LogP contribution in [0.2, 0.25) is 0 Å². The first-order valence-corrected chi connectivity index (χ1v) is 9.15. The molecule has 1 unspecified atom stereocenters. The van der Waals surface area contributed by atoms with E-state index in [1.54, 1.807) is 44.3 Å². The van der Waals surface area contributed by atoms with Crippen LogP contribution in [0.3, 0.4) is 0 Å². The fourth-order valence-electron chi connectivity index (χ4n) is 3.56. The van der Waals surface area contributed by atoms with E-state index in [-0.39, 0.29) is 13.0 Å². The van der Waals surface area contributed by atoms with E-state index in [0.29, 0.717) is 11.3 Å². The summed E-state index contributed by atoms with van der Waals surface area (Å²) >= 11 is 0. The molecule has 28 heavy (non-hydrogen) atoms. The van der Waals surface area contributed by atoms with Crippen molar-refractivity contribution in [3.8, 4) is 11.5 Å². The molecule has 0 heterocycles. The normalized spacial score (nSPS) is 13.3. The molecule has 3 aromatic rings. The zero-order chi connectivity index (χ0) is 20.1. The third-order valence-electron chi connectivity index (χ3n) is 5.14. The lowest BCUT2D eigenvalue weighted by Gasteiger charge is -2.36. The van der Waals surface area contributed by atoms with Crippen molar-refractivity contribution in [2.75, 3.05) is 27.8 Å². The first-order chi connectivity index (χ1) is 13.5. The van der Waals surface area contributed by atoms with Gasteiger partial charge in [-0.3, -0.25) is 4.90 Å². The van der Waals surface area contributed by atoms with Crippen LogP contribution in [-0.2, 0) is 10.3 Å². The quantitative estimate of drug-likeness (QED) is 0.637. The number of carbonyl (C=O) groups is 1. The summed E-state index contributed by atoms with van der Waals surface area (Å²) in [6, 6.07) is 21.0. The Morgan fingerprint density at radius 2 is 1.75 bits per heavy atom. The first kappa shape index (κ1) is 19.7. The van der Waals surface area contributed by atoms with Gasteiger partial charge in [0, 0.05) is 11.8 Å². The van der Waals surface area contributed by atoms with E-state index in [0.717, 1.165) is 16.5 Å². The highest BCUT2D eigenvalue weighted by molar-refractivity contribution is 5.88. The van der Waals surface area contributed by atoms with Crippen LogP contribution in [0.15, 0.2) is 66.7 Å². The van der Waals surface area contributed by atoms with Crippen LogP contribution in [0.1, 0.15) is 12.0 Å². The monoisotopic (exact) mass is 379 g/mol. The third-order valence-corrected chi connectivity index (χ3v) is 5.14. The van der Waals surface area contributed by atoms with E-state index < -0.39 is 11.5 Å². The van der Waals surface area contributed by atoms with Gasteiger partial charge in [0.05, 0.1) is 13.7 Å². The number of rotatable bonds is 8. The Kier molecular flexibility index (Phi) is 5.85. The molecule has 0 aliphatic rings. The average molecular weight is 379 g/mol. The van der Waals surface area contributed by atoms with E-state index in [2.05, 4.69) is 0 Å². The predicted octanol–water partition coefficient (Wildman–Crippen LogP) is 4.16. The van der Waals surface area contributed by atoms with Crippen molar-refractivity contribution >= 4 is 16.7 Å². The number of aliphatic carboxylic acids is 1. The number of hydrogen-bond donors (Lipinski definition) is 1. The number of carboxylic acid groups (broad SMARTS) is 1. The summed E-state index contributed by atoms with van der Waals surface area (Å²) in [5, 5.41) is 12.2. The Morgan fingerprint density at radius 3 is 2.46 bits per heavy atom. The van der Waals surface area contributed by atoms with Gasteiger partial charge in [-0.2, -0.15) is 0 Å². The van der Waals surface area contributed by atoms with Crippen LogP contribution in [0.5, 0.6) is 11.5 Å². The molecule has 0 aliphatic heterocycles. The number of nitrogens with zero attached hydrogens (tertiary/aromatic N) is 1. The van der Waals surface area contributed by atoms with Gasteiger partial charge in [0.2, 0.25) is 0 Å². The number of benzene rings is 3. The molecule has 3 aromatic carbocycles. The minimum absolute atomic E-state index is 0.260. The maximum absolute atomic E-state index is 12.4. The third kappa shape index (κ3) is 3.66. The molecule has 3 rings (SSSR count). The number of likely N-dealkylation sites (N-methyl/N-ethyl adjacent to an activating group) is 1. The van der Waals surface area contributed by atoms with Crippen molar-refractivity contribution in [2.45, 2.75) is 12.0 Å². The molecule has 0 aliphatic carbocycles. The summed E-state index contributed by atoms with van der Waals surface area (Å²) < 4.78 is 11.3. The molecule has 0 amide bonds. The smallest absolute Gasteiger partial charge is 0.328 e. The molecule has 5 heteroatoms. The van der Waals surface area contributed by atoms with Crippen molar-refractivity contribution in [1.82, 2.24) is 4.90 Å². The number of carboxylic acids is 1. The highest BCUT2D eigenvalue weighted by atomic mass is 16.5. The Morgan fingerprint density at radius 1 is 1.04 bits per heavy atom. The van der Waals surface area contributed by atoms with Gasteiger partial charge in [0.1, 0.15) is 17.0 Å². The molecule has 146 valence electrons. The standard InChI is InChI=1S/C23H25NO4/c1-24(2)23(22(25)26,18-10-7-11-19(16-18)27-3)14-15-28-21-13-6-9-17-8-4-5-12-20(17)21/h4-13,16H,14-15H2,1-3H3,(H,25,26). The molecule has 0 bridgehead atoms. The molecular formula is C23H25NO4. The fraction of sp³-hybridized carbons (Fsp3) is 0.261. The van der Waals surface area contributed by atoms with E-state index in [1.807, 2.05) is 48.5 Å². The summed E-state index contributed by atoms with van der Waals surface area (Å²) in [4.78, 5) is 14.1. The van der Waals surface area contributed by atoms with Gasteiger partial charge in [0.25, 0.3) is 0 Å². The second-order valence-electron chi connectivity index (χ2n) is 6.87. The molecule has 1 N–H and O–H groups in total. The lowest BCUT2D eigenvalue weighted by molar-refractivity contribution is -0.151. The summed E-state index contributed by atoms with van der Waals surface area (Å²) in [5.74, 6) is 0.453. The molecule has 0 spiro atoms. The number of fused-ring (bicyclic) bond motifs is 1. The molecule has 0 fully saturated rings. The second kappa shape index (κ2) is 8.31. The van der Waals surface area contributed by atoms with Crippen LogP contribution in [-0.4, -0.2) is 43.8 Å². The maximum Gasteiger partial charge on any atom is 0.328 e. The van der Waals surface area contributed by atoms with Gasteiger partial charge < -0.3 is 14.6 Å². The number of hydrogen-bond acceptors (Lipinski definition) is 4. The zero-order valence-electron chi connectivity index (χ0n) is 16.4. The van der Waals surface area contributed by atoms with Crippen LogP contribution in [0.4, 0.5) is 0 Å². The minimum atomic E-state index is -1.22. The fourth-order valence-corrected chi connectivity index (χ4v) is 3.56. The topological polar surface area (TPSA) is 59.0 Å². The van der Waals surface area contributed by atoms with E-state index in [1.165, 1.54) is 0 Å². The largest absolute Gasteiger partial charge is 0.497 e. The lowest BCUT2D eigenvalue weighted by Crippen LogP contribution is -2.49. The van der Waals surface area contributed by atoms with E-state index in [9.17, 15) is 9.90 Å². The summed E-state index contributed by atoms with van der Waals surface area (Å²) in [5.41, 5.74) is -0.565. The number of methoxy groups -OCH3 is 1. The first-order valence-electron chi connectivity index (χ1n) is 9.15. The summed E-state index contributed by atoms with van der Waals surface area (Å²) in [6.45, 7) is 0.260. The minimum Gasteiger partial charge on any atom is -0.497 e. The highest BCUT2D eigenvalue weighted by Gasteiger charge is 2.43. The van der Waals surface area contributed by atoms with Crippen molar-refractivity contribution in [2.24, 2.45) is 0 Å². The Hall–Kier alpha value is -3.05. The SMILES string of the molecule is COc1cccc(C(CCOc2cccc3ccccc23)(C(=O)O)N(C)C)c1. The molecule has 0 radical (unpaired) electrons. The van der Waals surface area contributed by atoms with Gasteiger partial charge in [-0.25, -0.2) is 4.79 Å². The summed E-state index contributed by atoms with van der Waals surface area (Å²) in [7, 11) is 5.11. The van der Waals surface area contributed by atoms with Crippen molar-refractivity contribution < 1.29 is 19.4 Å². The zero-order valence-corrected chi connectivity index (χ0v) is 16.4. The van der Waals surface area contributed by atoms with Crippen molar-refractivity contribution in [3.05, 3.63) is 72.3 Å². The summed E-state index contributed by atoms with van der Waals surface area (Å²) in [6.07, 6.45) is 0.283. The van der Waals surface area contributed by atoms with Crippen LogP contribution in [0, 0.1) is 0 Å². The number of ether oxygens (including phenoxy) is 2. The molecule has 0 aromatic heterocycles. The van der Waals surface area contributed by atoms with Gasteiger partial charge in [0.15, 0.2) is 0 Å². The molecular weight excluding hydrogens is 354 g/mol. The predicted molar refractivity (Wildman–Crippen MR) is 110 cm³/mol. The highest BCUT2D eigenvalue weighted by Crippen LogP contribution is 2.34. The Balaban J connectivity index is 1.89. The van der Waals surface area contributed by atoms with Crippen LogP contribution in [0.25, 0.3) is 10.8 Å². The van der Waals surface area contributed by atoms with Crippen LogP contribution >= 0.6 is 0 Å². The van der Waals surface area contributed by atoms with E-state index in [4.69, 9.17) is 9.47 Å². The Labute approximate surface area is 165 Å². The van der Waals surface area contributed by atoms with Gasteiger partial charge in [-0.1, -0.05) is 48.5 Å². The van der Waals surface area contributed by atoms with Crippen molar-refractivity contribution in [3.63, 3.8) is 0 Å². The second-order valence-corrected chi connectivity index (χ2v) is 6.87. The van der Waals surface area contributed by atoms with Gasteiger partial charge in [-0.05, 0) is 43.2 Å². The van der Waals surface area contributed by atoms with Crippen LogP contribution < -0.4 is 9.47 Å². The molecule has 0 saturated heterocycles. The maximum atomic E-state index is 12.4. The average Bonchev–Trinajstić information content (AvgIpc) is 2.71. The van der Waals surface area contributed by atoms with E-state index >= 15 is 0 Å².